The van der Waals surface area contributed by atoms with Crippen molar-refractivity contribution in [3.63, 3.8) is 0 Å². The molecule has 0 bridgehead atoms. The van der Waals surface area contributed by atoms with Gasteiger partial charge in [0.1, 0.15) is 0 Å². The zero-order valence-corrected chi connectivity index (χ0v) is 13.3. The molecule has 1 aromatic rings. The number of rotatable bonds is 5. The molecule has 0 N–H and O–H groups in total. The van der Waals surface area contributed by atoms with Crippen LogP contribution in [0.25, 0.3) is 6.08 Å². The average molecular weight is 312 g/mol. The van der Waals surface area contributed by atoms with Gasteiger partial charge in [0.25, 0.3) is 0 Å². The van der Waals surface area contributed by atoms with Crippen molar-refractivity contribution in [3.05, 3.63) is 65.8 Å². The van der Waals surface area contributed by atoms with Crippen LogP contribution in [-0.4, -0.2) is 26.2 Å². The number of benzene rings is 1. The average Bonchev–Trinajstić information content (AvgIpc) is 2.98. The normalized spacial score (nSPS) is 20.6. The van der Waals surface area contributed by atoms with Gasteiger partial charge < -0.3 is 9.47 Å². The Morgan fingerprint density at radius 3 is 2.13 bits per heavy atom. The Bertz CT molecular complexity index is 655. The number of ether oxygens (including phenoxy) is 2. The Kier molecular flexibility index (Phi) is 5.52. The monoisotopic (exact) mass is 312 g/mol. The first kappa shape index (κ1) is 16.7. The summed E-state index contributed by atoms with van der Waals surface area (Å²) in [7, 11) is 2.61. The van der Waals surface area contributed by atoms with Crippen LogP contribution in [0, 0.1) is 11.8 Å². The van der Waals surface area contributed by atoms with Gasteiger partial charge in [0.15, 0.2) is 0 Å². The summed E-state index contributed by atoms with van der Waals surface area (Å²) in [5.41, 5.74) is 1.73. The second-order valence-corrected chi connectivity index (χ2v) is 5.26. The maximum absolute atomic E-state index is 12.2. The Hall–Kier alpha value is -2.62. The van der Waals surface area contributed by atoms with Crippen LogP contribution in [0.15, 0.2) is 60.2 Å². The minimum Gasteiger partial charge on any atom is -0.466 e. The second kappa shape index (κ2) is 7.58. The van der Waals surface area contributed by atoms with Crippen LogP contribution in [0.3, 0.4) is 0 Å². The van der Waals surface area contributed by atoms with Gasteiger partial charge >= 0.3 is 11.9 Å². The van der Waals surface area contributed by atoms with E-state index in [2.05, 4.69) is 6.58 Å². The van der Waals surface area contributed by atoms with Crippen LogP contribution in [-0.2, 0) is 19.1 Å². The first-order valence-corrected chi connectivity index (χ1v) is 7.38. The molecule has 23 heavy (non-hydrogen) atoms. The van der Waals surface area contributed by atoms with Gasteiger partial charge in [-0.2, -0.15) is 0 Å². The van der Waals surface area contributed by atoms with Crippen LogP contribution in [0.4, 0.5) is 0 Å². The highest BCUT2D eigenvalue weighted by Gasteiger charge is 2.39. The van der Waals surface area contributed by atoms with Crippen molar-refractivity contribution in [3.8, 4) is 0 Å². The van der Waals surface area contributed by atoms with Crippen molar-refractivity contribution in [1.29, 1.82) is 0 Å². The van der Waals surface area contributed by atoms with Crippen LogP contribution in [0.1, 0.15) is 12.0 Å². The summed E-state index contributed by atoms with van der Waals surface area (Å²) in [6.07, 6.45) is 6.13. The number of carbonyl (C=O) groups is 2. The highest BCUT2D eigenvalue weighted by molar-refractivity contribution is 6.02. The molecule has 120 valence electrons. The molecule has 0 radical (unpaired) electrons. The van der Waals surface area contributed by atoms with E-state index in [0.717, 1.165) is 5.56 Å². The zero-order valence-electron chi connectivity index (χ0n) is 13.3. The van der Waals surface area contributed by atoms with Gasteiger partial charge in [0, 0.05) is 11.8 Å². The van der Waals surface area contributed by atoms with Crippen molar-refractivity contribution in [1.82, 2.24) is 0 Å². The summed E-state index contributed by atoms with van der Waals surface area (Å²) < 4.78 is 9.69. The summed E-state index contributed by atoms with van der Waals surface area (Å²) >= 11 is 0. The van der Waals surface area contributed by atoms with Gasteiger partial charge in [-0.3, -0.25) is 0 Å². The van der Waals surface area contributed by atoms with E-state index in [-0.39, 0.29) is 11.8 Å². The molecule has 0 fully saturated rings. The highest BCUT2D eigenvalue weighted by atomic mass is 16.5. The van der Waals surface area contributed by atoms with E-state index in [1.54, 1.807) is 6.08 Å². The summed E-state index contributed by atoms with van der Waals surface area (Å²) in [6, 6.07) is 9.77. The van der Waals surface area contributed by atoms with Crippen LogP contribution < -0.4 is 0 Å². The van der Waals surface area contributed by atoms with Gasteiger partial charge in [0.2, 0.25) is 0 Å². The standard InChI is InChI=1S/C19H20O4/c1-4-14-12-15(11-10-13-8-6-5-7-9-13)17(19(21)23-3)16(14)18(20)22-2/h4-11,14-15H,1,12H2,2-3H3/b11-10-/t14-,15+/m1/s1. The van der Waals surface area contributed by atoms with Crippen LogP contribution >= 0.6 is 0 Å². The fraction of sp³-hybridized carbons (Fsp3) is 0.263. The first-order chi connectivity index (χ1) is 11.1. The quantitative estimate of drug-likeness (QED) is 0.619. The molecule has 0 spiro atoms. The Labute approximate surface area is 136 Å². The summed E-state index contributed by atoms with van der Waals surface area (Å²) in [5, 5.41) is 0. The van der Waals surface area contributed by atoms with E-state index >= 15 is 0 Å². The van der Waals surface area contributed by atoms with Crippen molar-refractivity contribution >= 4 is 18.0 Å². The lowest BCUT2D eigenvalue weighted by Crippen LogP contribution is -2.16. The maximum Gasteiger partial charge on any atom is 0.334 e. The van der Waals surface area contributed by atoms with Crippen molar-refractivity contribution in [2.75, 3.05) is 14.2 Å². The molecule has 4 heteroatoms. The molecule has 4 nitrogen and oxygen atoms in total. The van der Waals surface area contributed by atoms with Gasteiger partial charge in [-0.05, 0) is 12.0 Å². The minimum atomic E-state index is -0.508. The smallest absolute Gasteiger partial charge is 0.334 e. The first-order valence-electron chi connectivity index (χ1n) is 7.38. The third kappa shape index (κ3) is 3.59. The fourth-order valence-corrected chi connectivity index (χ4v) is 2.83. The number of hydrogen-bond donors (Lipinski definition) is 0. The molecule has 2 rings (SSSR count). The van der Waals surface area contributed by atoms with E-state index in [1.165, 1.54) is 14.2 Å². The molecule has 0 heterocycles. The molecule has 0 unspecified atom stereocenters. The lowest BCUT2D eigenvalue weighted by molar-refractivity contribution is -0.139. The number of carbonyl (C=O) groups excluding carboxylic acids is 2. The molecule has 2 atom stereocenters. The number of allylic oxidation sites excluding steroid dienone is 2. The minimum absolute atomic E-state index is 0.209. The topological polar surface area (TPSA) is 52.6 Å². The Morgan fingerprint density at radius 1 is 1.04 bits per heavy atom. The Balaban J connectivity index is 2.40. The molecule has 0 saturated heterocycles. The predicted molar refractivity (Wildman–Crippen MR) is 88.3 cm³/mol. The molecule has 0 aliphatic heterocycles. The number of methoxy groups -OCH3 is 2. The zero-order chi connectivity index (χ0) is 16.8. The third-order valence-corrected chi connectivity index (χ3v) is 3.96. The number of esters is 2. The molecule has 0 saturated carbocycles. The van der Waals surface area contributed by atoms with Gasteiger partial charge in [-0.15, -0.1) is 6.58 Å². The summed E-state index contributed by atoms with van der Waals surface area (Å²) in [4.78, 5) is 24.2. The summed E-state index contributed by atoms with van der Waals surface area (Å²) in [5.74, 6) is -1.44. The molecule has 1 aliphatic rings. The van der Waals surface area contributed by atoms with Gasteiger partial charge in [-0.25, -0.2) is 9.59 Å². The van der Waals surface area contributed by atoms with E-state index in [4.69, 9.17) is 9.47 Å². The lowest BCUT2D eigenvalue weighted by atomic mass is 9.98. The second-order valence-electron chi connectivity index (χ2n) is 5.26. The van der Waals surface area contributed by atoms with Crippen molar-refractivity contribution < 1.29 is 19.1 Å². The maximum atomic E-state index is 12.2. The molecule has 1 aliphatic carbocycles. The number of hydrogen-bond acceptors (Lipinski definition) is 4. The molecule has 0 amide bonds. The molecular weight excluding hydrogens is 292 g/mol. The Morgan fingerprint density at radius 2 is 1.61 bits per heavy atom. The summed E-state index contributed by atoms with van der Waals surface area (Å²) in [6.45, 7) is 3.76. The fourth-order valence-electron chi connectivity index (χ4n) is 2.83. The van der Waals surface area contributed by atoms with Crippen molar-refractivity contribution in [2.24, 2.45) is 11.8 Å². The lowest BCUT2D eigenvalue weighted by Gasteiger charge is -2.09. The van der Waals surface area contributed by atoms with E-state index in [0.29, 0.717) is 17.6 Å². The molecule has 1 aromatic carbocycles. The predicted octanol–water partition coefficient (Wildman–Crippen LogP) is 3.16. The van der Waals surface area contributed by atoms with Crippen LogP contribution in [0.2, 0.25) is 0 Å². The van der Waals surface area contributed by atoms with E-state index < -0.39 is 11.9 Å². The third-order valence-electron chi connectivity index (χ3n) is 3.96. The van der Waals surface area contributed by atoms with Gasteiger partial charge in [0.05, 0.1) is 25.4 Å². The van der Waals surface area contributed by atoms with Gasteiger partial charge in [-0.1, -0.05) is 48.6 Å². The molecular formula is C19H20O4. The molecule has 0 aromatic heterocycles. The van der Waals surface area contributed by atoms with E-state index in [1.807, 2.05) is 42.5 Å². The SMILES string of the molecule is C=C[C@@H]1C[C@H](/C=C\c2ccccc2)C(C(=O)OC)=C1C(=O)OC. The highest BCUT2D eigenvalue weighted by Crippen LogP contribution is 2.40. The van der Waals surface area contributed by atoms with Crippen LogP contribution in [0.5, 0.6) is 0 Å². The largest absolute Gasteiger partial charge is 0.466 e. The van der Waals surface area contributed by atoms with E-state index in [9.17, 15) is 9.59 Å². The van der Waals surface area contributed by atoms with Crippen molar-refractivity contribution in [2.45, 2.75) is 6.42 Å².